The predicted octanol–water partition coefficient (Wildman–Crippen LogP) is -0.570. The lowest BCUT2D eigenvalue weighted by atomic mass is 10.4. The summed E-state index contributed by atoms with van der Waals surface area (Å²) in [5.74, 6) is -1.08. The molecule has 0 aliphatic carbocycles. The number of carboxylic acid groups (broad SMARTS) is 1. The van der Waals surface area contributed by atoms with Gasteiger partial charge in [0.15, 0.2) is 5.16 Å². The van der Waals surface area contributed by atoms with Crippen LogP contribution in [0.2, 0.25) is 0 Å². The van der Waals surface area contributed by atoms with Gasteiger partial charge in [0.1, 0.15) is 0 Å². The summed E-state index contributed by atoms with van der Waals surface area (Å²) in [5, 5.41) is 22.6. The lowest BCUT2D eigenvalue weighted by Gasteiger charge is -2.04. The monoisotopic (exact) mass is 284 g/mol. The van der Waals surface area contributed by atoms with Gasteiger partial charge in [-0.3, -0.25) is 14.0 Å². The fourth-order valence-electron chi connectivity index (χ4n) is 1.48. The molecule has 2 N–H and O–H groups in total. The maximum atomic E-state index is 11.5. The molecule has 0 aromatic carbocycles. The Balaban J connectivity index is 1.93. The molecule has 2 aromatic rings. The summed E-state index contributed by atoms with van der Waals surface area (Å²) < 4.78 is 3.08. The van der Waals surface area contributed by atoms with E-state index >= 15 is 0 Å². The van der Waals surface area contributed by atoms with Crippen LogP contribution in [0.3, 0.4) is 0 Å². The van der Waals surface area contributed by atoms with E-state index in [0.29, 0.717) is 24.7 Å². The maximum absolute atomic E-state index is 11.5. The first-order valence-electron chi connectivity index (χ1n) is 5.50. The molecule has 0 amide bonds. The summed E-state index contributed by atoms with van der Waals surface area (Å²) in [7, 11) is 0. The smallest absolute Gasteiger partial charge is 0.343 e. The molecule has 0 unspecified atom stereocenters. The molecule has 0 spiro atoms. The lowest BCUT2D eigenvalue weighted by Crippen LogP contribution is -2.19. The predicted molar refractivity (Wildman–Crippen MR) is 65.8 cm³/mol. The Labute approximate surface area is 111 Å². The number of H-pyrrole nitrogens is 1. The van der Waals surface area contributed by atoms with Crippen LogP contribution < -0.4 is 5.69 Å². The van der Waals surface area contributed by atoms with Crippen molar-refractivity contribution in [2.75, 3.05) is 5.75 Å². The van der Waals surface area contributed by atoms with Gasteiger partial charge in [-0.05, 0) is 6.42 Å². The number of nitrogens with zero attached hydrogens (tertiary/aromatic N) is 5. The van der Waals surface area contributed by atoms with Gasteiger partial charge in [-0.1, -0.05) is 17.0 Å². The third-order valence-electron chi connectivity index (χ3n) is 2.29. The van der Waals surface area contributed by atoms with Gasteiger partial charge in [0, 0.05) is 19.3 Å². The second-order valence-corrected chi connectivity index (χ2v) is 4.61. The molecule has 0 saturated heterocycles. The lowest BCUT2D eigenvalue weighted by molar-refractivity contribution is -0.133. The van der Waals surface area contributed by atoms with Gasteiger partial charge in [0.05, 0.1) is 11.9 Å². The van der Waals surface area contributed by atoms with Crippen LogP contribution in [0.4, 0.5) is 0 Å². The quantitative estimate of drug-likeness (QED) is 0.653. The molecule has 0 bridgehead atoms. The Morgan fingerprint density at radius 1 is 1.47 bits per heavy atom. The van der Waals surface area contributed by atoms with Gasteiger partial charge >= 0.3 is 11.7 Å². The molecule has 0 aliphatic rings. The van der Waals surface area contributed by atoms with Crippen LogP contribution in [0.15, 0.2) is 22.3 Å². The minimum absolute atomic E-state index is 0.132. The van der Waals surface area contributed by atoms with Crippen LogP contribution >= 0.6 is 11.8 Å². The average molecular weight is 284 g/mol. The highest BCUT2D eigenvalue weighted by molar-refractivity contribution is 7.99. The molecule has 2 rings (SSSR count). The third-order valence-corrected chi connectivity index (χ3v) is 3.25. The van der Waals surface area contributed by atoms with Crippen molar-refractivity contribution in [1.29, 1.82) is 0 Å². The van der Waals surface area contributed by atoms with Crippen molar-refractivity contribution in [2.45, 2.75) is 24.7 Å². The molecule has 9 nitrogen and oxygen atoms in total. The fraction of sp³-hybridized carbons (Fsp3) is 0.444. The second kappa shape index (κ2) is 6.18. The number of aryl methyl sites for hydroxylation is 1. The highest BCUT2D eigenvalue weighted by Gasteiger charge is 2.10. The molecule has 102 valence electrons. The van der Waals surface area contributed by atoms with Gasteiger partial charge in [0.2, 0.25) is 0 Å². The molecule has 19 heavy (non-hydrogen) atoms. The summed E-state index contributed by atoms with van der Waals surface area (Å²) in [6.07, 6.45) is 3.99. The van der Waals surface area contributed by atoms with Crippen molar-refractivity contribution < 1.29 is 9.90 Å². The second-order valence-electron chi connectivity index (χ2n) is 3.67. The number of thioether (sulfide) groups is 1. The number of carbonyl (C=O) groups is 1. The van der Waals surface area contributed by atoms with Crippen LogP contribution in [0.1, 0.15) is 6.42 Å². The van der Waals surface area contributed by atoms with Gasteiger partial charge in [-0.15, -0.1) is 10.2 Å². The van der Waals surface area contributed by atoms with Crippen LogP contribution in [0.25, 0.3) is 0 Å². The first kappa shape index (κ1) is 13.3. The molecule has 0 atom stereocenters. The molecule has 0 saturated carbocycles. The van der Waals surface area contributed by atoms with E-state index in [0.717, 1.165) is 11.8 Å². The number of aliphatic carboxylic acids is 1. The Morgan fingerprint density at radius 3 is 3.00 bits per heavy atom. The topological polar surface area (TPSA) is 119 Å². The van der Waals surface area contributed by atoms with Crippen LogP contribution in [0.5, 0.6) is 0 Å². The zero-order valence-corrected chi connectivity index (χ0v) is 10.7. The van der Waals surface area contributed by atoms with Gasteiger partial charge < -0.3 is 5.11 Å². The Morgan fingerprint density at radius 2 is 2.32 bits per heavy atom. The summed E-state index contributed by atoms with van der Waals surface area (Å²) in [6.45, 7) is 1.07. The van der Waals surface area contributed by atoms with E-state index in [1.165, 1.54) is 4.57 Å². The number of rotatable bonds is 7. The van der Waals surface area contributed by atoms with Crippen LogP contribution in [0, 0.1) is 0 Å². The summed E-state index contributed by atoms with van der Waals surface area (Å²) in [6, 6.07) is 0. The standard InChI is InChI=1S/C9H12N6O3S/c16-7(17)6-19-9-12-11-8(18)15(9)4-1-3-14-5-2-10-13-14/h2,5H,1,3-4,6H2,(H,11,18)(H,16,17). The molecule has 0 radical (unpaired) electrons. The molecular formula is C9H12N6O3S. The Hall–Kier alpha value is -2.10. The van der Waals surface area contributed by atoms with Crippen molar-refractivity contribution in [3.63, 3.8) is 0 Å². The van der Waals surface area contributed by atoms with Crippen molar-refractivity contribution in [3.8, 4) is 0 Å². The van der Waals surface area contributed by atoms with E-state index in [4.69, 9.17) is 5.11 Å². The SMILES string of the molecule is O=C(O)CSc1n[nH]c(=O)n1CCCn1ccnn1. The minimum atomic E-state index is -0.949. The number of carboxylic acids is 1. The first-order chi connectivity index (χ1) is 9.16. The van der Waals surface area contributed by atoms with E-state index < -0.39 is 5.97 Å². The summed E-state index contributed by atoms with van der Waals surface area (Å²) in [5.41, 5.74) is -0.341. The molecule has 10 heteroatoms. The number of aromatic nitrogens is 6. The third kappa shape index (κ3) is 3.68. The molecule has 2 heterocycles. The highest BCUT2D eigenvalue weighted by Crippen LogP contribution is 2.12. The first-order valence-corrected chi connectivity index (χ1v) is 6.49. The maximum Gasteiger partial charge on any atom is 0.343 e. The molecule has 0 fully saturated rings. The van der Waals surface area contributed by atoms with Crippen LogP contribution in [-0.4, -0.2) is 46.6 Å². The van der Waals surface area contributed by atoms with E-state index in [1.54, 1.807) is 17.1 Å². The molecule has 0 aliphatic heterocycles. The van der Waals surface area contributed by atoms with Crippen molar-refractivity contribution in [2.24, 2.45) is 0 Å². The fourth-order valence-corrected chi connectivity index (χ4v) is 2.17. The van der Waals surface area contributed by atoms with E-state index in [2.05, 4.69) is 20.5 Å². The van der Waals surface area contributed by atoms with Crippen molar-refractivity contribution in [3.05, 3.63) is 22.9 Å². The summed E-state index contributed by atoms with van der Waals surface area (Å²) >= 11 is 1.01. The van der Waals surface area contributed by atoms with Gasteiger partial charge in [0.25, 0.3) is 0 Å². The van der Waals surface area contributed by atoms with Crippen molar-refractivity contribution >= 4 is 17.7 Å². The van der Waals surface area contributed by atoms with E-state index in [-0.39, 0.29) is 11.4 Å². The normalized spacial score (nSPS) is 10.7. The van der Waals surface area contributed by atoms with Crippen molar-refractivity contribution in [1.82, 2.24) is 29.8 Å². The van der Waals surface area contributed by atoms with Gasteiger partial charge in [-0.2, -0.15) is 0 Å². The van der Waals surface area contributed by atoms with E-state index in [1.807, 2.05) is 0 Å². The largest absolute Gasteiger partial charge is 0.481 e. The number of hydrogen-bond acceptors (Lipinski definition) is 6. The highest BCUT2D eigenvalue weighted by atomic mass is 32.2. The van der Waals surface area contributed by atoms with Gasteiger partial charge in [-0.25, -0.2) is 9.89 Å². The number of aromatic amines is 1. The Bertz CT molecular complexity index is 589. The number of nitrogens with one attached hydrogen (secondary N) is 1. The summed E-state index contributed by atoms with van der Waals surface area (Å²) in [4.78, 5) is 22.0. The minimum Gasteiger partial charge on any atom is -0.481 e. The zero-order valence-electron chi connectivity index (χ0n) is 9.89. The Kier molecular flexibility index (Phi) is 4.34. The average Bonchev–Trinajstić information content (AvgIpc) is 2.99. The zero-order chi connectivity index (χ0) is 13.7. The van der Waals surface area contributed by atoms with E-state index in [9.17, 15) is 9.59 Å². The molecular weight excluding hydrogens is 272 g/mol. The van der Waals surface area contributed by atoms with Crippen LogP contribution in [-0.2, 0) is 17.9 Å². The number of hydrogen-bond donors (Lipinski definition) is 2. The molecule has 2 aromatic heterocycles.